The van der Waals surface area contributed by atoms with Crippen molar-refractivity contribution in [3.63, 3.8) is 0 Å². The molecule has 0 aliphatic carbocycles. The monoisotopic (exact) mass is 385 g/mol. The van der Waals surface area contributed by atoms with Crippen LogP contribution in [0.25, 0.3) is 10.8 Å². The molecule has 0 unspecified atom stereocenters. The summed E-state index contributed by atoms with van der Waals surface area (Å²) >= 11 is 12.0. The minimum atomic E-state index is 0.0499. The number of benzene rings is 3. The number of carbonyl (C=O) groups excluding carboxylic acids is 1. The highest BCUT2D eigenvalue weighted by molar-refractivity contribution is 6.35. The minimum Gasteiger partial charge on any atom is -0.356 e. The molecule has 0 aliphatic rings. The van der Waals surface area contributed by atoms with E-state index in [1.54, 1.807) is 12.1 Å². The summed E-state index contributed by atoms with van der Waals surface area (Å²) in [5, 5.41) is 6.76. The molecule has 0 saturated heterocycles. The molecule has 0 fully saturated rings. The number of fused-ring (bicyclic) bond motifs is 1. The maximum Gasteiger partial charge on any atom is 0.220 e. The Kier molecular flexibility index (Phi) is 6.54. The van der Waals surface area contributed by atoms with Crippen molar-refractivity contribution in [2.45, 2.75) is 25.7 Å². The fourth-order valence-corrected chi connectivity index (χ4v) is 3.58. The average molecular weight is 386 g/mol. The van der Waals surface area contributed by atoms with Gasteiger partial charge in [0.1, 0.15) is 0 Å². The Morgan fingerprint density at radius 1 is 0.885 bits per heavy atom. The Labute approximate surface area is 164 Å². The van der Waals surface area contributed by atoms with E-state index in [2.05, 4.69) is 47.8 Å². The third-order valence-electron chi connectivity index (χ3n) is 4.46. The molecule has 0 radical (unpaired) electrons. The lowest BCUT2D eigenvalue weighted by molar-refractivity contribution is -0.121. The van der Waals surface area contributed by atoms with Crippen molar-refractivity contribution in [1.29, 1.82) is 0 Å². The van der Waals surface area contributed by atoms with E-state index >= 15 is 0 Å². The van der Waals surface area contributed by atoms with Gasteiger partial charge >= 0.3 is 0 Å². The summed E-state index contributed by atoms with van der Waals surface area (Å²) in [6.07, 6.45) is 2.91. The van der Waals surface area contributed by atoms with Crippen molar-refractivity contribution >= 4 is 39.9 Å². The smallest absolute Gasteiger partial charge is 0.220 e. The van der Waals surface area contributed by atoms with Gasteiger partial charge in [-0.25, -0.2) is 0 Å². The van der Waals surface area contributed by atoms with Gasteiger partial charge in [-0.2, -0.15) is 0 Å². The second kappa shape index (κ2) is 9.07. The Morgan fingerprint density at radius 3 is 2.54 bits per heavy atom. The number of hydrogen-bond donors (Lipinski definition) is 1. The number of nitrogens with one attached hydrogen (secondary N) is 1. The van der Waals surface area contributed by atoms with Crippen LogP contribution >= 0.6 is 23.2 Å². The molecule has 1 N–H and O–H groups in total. The molecule has 3 aromatic rings. The average Bonchev–Trinajstić information content (AvgIpc) is 2.64. The second-order valence-electron chi connectivity index (χ2n) is 6.33. The highest BCUT2D eigenvalue weighted by atomic mass is 35.5. The molecule has 0 heterocycles. The van der Waals surface area contributed by atoms with Crippen molar-refractivity contribution in [2.75, 3.05) is 6.54 Å². The molecule has 0 bridgehead atoms. The van der Waals surface area contributed by atoms with Gasteiger partial charge in [-0.15, -0.1) is 0 Å². The molecule has 0 saturated carbocycles. The van der Waals surface area contributed by atoms with Crippen molar-refractivity contribution in [1.82, 2.24) is 5.32 Å². The molecule has 0 atom stereocenters. The Morgan fingerprint density at radius 2 is 1.69 bits per heavy atom. The maximum atomic E-state index is 12.0. The summed E-state index contributed by atoms with van der Waals surface area (Å²) in [5.41, 5.74) is 2.27. The third kappa shape index (κ3) is 5.00. The summed E-state index contributed by atoms with van der Waals surface area (Å²) in [4.78, 5) is 12.0. The van der Waals surface area contributed by atoms with Crippen LogP contribution in [-0.2, 0) is 17.6 Å². The number of hydrogen-bond acceptors (Lipinski definition) is 1. The Balaban J connectivity index is 1.44. The molecule has 26 heavy (non-hydrogen) atoms. The molecule has 2 nitrogen and oxygen atoms in total. The van der Waals surface area contributed by atoms with E-state index in [1.165, 1.54) is 16.3 Å². The summed E-state index contributed by atoms with van der Waals surface area (Å²) < 4.78 is 0. The molecule has 4 heteroatoms. The van der Waals surface area contributed by atoms with Gasteiger partial charge in [0, 0.05) is 23.0 Å². The van der Waals surface area contributed by atoms with Gasteiger partial charge in [0.2, 0.25) is 5.91 Å². The van der Waals surface area contributed by atoms with Crippen molar-refractivity contribution in [3.05, 3.63) is 81.8 Å². The normalized spacial score (nSPS) is 10.8. The summed E-state index contributed by atoms with van der Waals surface area (Å²) in [5.74, 6) is 0.0499. The Hall–Kier alpha value is -2.03. The predicted molar refractivity (Wildman–Crippen MR) is 110 cm³/mol. The largest absolute Gasteiger partial charge is 0.356 e. The van der Waals surface area contributed by atoms with Crippen molar-refractivity contribution in [3.8, 4) is 0 Å². The van der Waals surface area contributed by atoms with Crippen LogP contribution in [0.15, 0.2) is 60.7 Å². The first kappa shape index (κ1) is 18.8. The van der Waals surface area contributed by atoms with Gasteiger partial charge in [0.15, 0.2) is 0 Å². The van der Waals surface area contributed by atoms with Crippen LogP contribution in [0.1, 0.15) is 24.0 Å². The van der Waals surface area contributed by atoms with Crippen LogP contribution in [0.3, 0.4) is 0 Å². The van der Waals surface area contributed by atoms with E-state index in [0.717, 1.165) is 18.4 Å². The standard InChI is InChI=1S/C22H21Cl2NO/c23-19-12-10-18(21(24)15-19)11-13-22(26)25-14-4-8-17-7-3-6-16-5-1-2-9-20(16)17/h1-3,5-7,9-10,12,15H,4,8,11,13-14H2,(H,25,26). The maximum absolute atomic E-state index is 12.0. The van der Waals surface area contributed by atoms with Crippen LogP contribution in [-0.4, -0.2) is 12.5 Å². The lowest BCUT2D eigenvalue weighted by Crippen LogP contribution is -2.25. The van der Waals surface area contributed by atoms with Crippen LogP contribution in [0.4, 0.5) is 0 Å². The number of carbonyl (C=O) groups is 1. The minimum absolute atomic E-state index is 0.0499. The van der Waals surface area contributed by atoms with E-state index in [9.17, 15) is 4.79 Å². The number of rotatable bonds is 7. The van der Waals surface area contributed by atoms with Crippen molar-refractivity contribution in [2.24, 2.45) is 0 Å². The van der Waals surface area contributed by atoms with Gasteiger partial charge in [0.05, 0.1) is 0 Å². The van der Waals surface area contributed by atoms with Gasteiger partial charge in [0.25, 0.3) is 0 Å². The van der Waals surface area contributed by atoms with Gasteiger partial charge in [-0.1, -0.05) is 71.7 Å². The van der Waals surface area contributed by atoms with Gasteiger partial charge in [-0.05, 0) is 53.3 Å². The second-order valence-corrected chi connectivity index (χ2v) is 7.17. The molecule has 0 aliphatic heterocycles. The fraction of sp³-hybridized carbons (Fsp3) is 0.227. The molecular weight excluding hydrogens is 365 g/mol. The first-order chi connectivity index (χ1) is 12.6. The van der Waals surface area contributed by atoms with E-state index in [1.807, 2.05) is 6.07 Å². The summed E-state index contributed by atoms with van der Waals surface area (Å²) in [6, 6.07) is 20.2. The van der Waals surface area contributed by atoms with Crippen molar-refractivity contribution < 1.29 is 4.79 Å². The molecule has 0 spiro atoms. The highest BCUT2D eigenvalue weighted by Gasteiger charge is 2.06. The first-order valence-corrected chi connectivity index (χ1v) is 9.56. The van der Waals surface area contributed by atoms with E-state index in [4.69, 9.17) is 23.2 Å². The highest BCUT2D eigenvalue weighted by Crippen LogP contribution is 2.22. The zero-order valence-electron chi connectivity index (χ0n) is 14.5. The Bertz CT molecular complexity index is 902. The number of aryl methyl sites for hydroxylation is 2. The molecule has 1 amide bonds. The van der Waals surface area contributed by atoms with Gasteiger partial charge < -0.3 is 5.32 Å². The molecule has 134 valence electrons. The van der Waals surface area contributed by atoms with Crippen LogP contribution in [0.2, 0.25) is 10.0 Å². The summed E-state index contributed by atoms with van der Waals surface area (Å²) in [6.45, 7) is 0.677. The zero-order chi connectivity index (χ0) is 18.4. The van der Waals surface area contributed by atoms with E-state index < -0.39 is 0 Å². The predicted octanol–water partition coefficient (Wildman–Crippen LogP) is 5.83. The quantitative estimate of drug-likeness (QED) is 0.509. The van der Waals surface area contributed by atoms with Crippen LogP contribution in [0.5, 0.6) is 0 Å². The first-order valence-electron chi connectivity index (χ1n) is 8.81. The van der Waals surface area contributed by atoms with Crippen LogP contribution < -0.4 is 5.32 Å². The molecule has 0 aromatic heterocycles. The third-order valence-corrected chi connectivity index (χ3v) is 5.05. The number of amides is 1. The molecule has 3 aromatic carbocycles. The lowest BCUT2D eigenvalue weighted by Gasteiger charge is -2.08. The van der Waals surface area contributed by atoms with E-state index in [-0.39, 0.29) is 5.91 Å². The van der Waals surface area contributed by atoms with Crippen LogP contribution in [0, 0.1) is 0 Å². The summed E-state index contributed by atoms with van der Waals surface area (Å²) in [7, 11) is 0. The molecule has 3 rings (SSSR count). The molecular formula is C22H21Cl2NO. The SMILES string of the molecule is O=C(CCc1ccc(Cl)cc1Cl)NCCCc1cccc2ccccc12. The fourth-order valence-electron chi connectivity index (χ4n) is 3.08. The lowest BCUT2D eigenvalue weighted by atomic mass is 10.0. The van der Waals surface area contributed by atoms with E-state index in [0.29, 0.717) is 29.4 Å². The zero-order valence-corrected chi connectivity index (χ0v) is 16.0. The van der Waals surface area contributed by atoms with Gasteiger partial charge in [-0.3, -0.25) is 4.79 Å². The topological polar surface area (TPSA) is 29.1 Å². The number of halogens is 2.